The minimum absolute atomic E-state index is 0.167. The van der Waals surface area contributed by atoms with Crippen LogP contribution in [0.3, 0.4) is 0 Å². The van der Waals surface area contributed by atoms with Crippen LogP contribution in [0.15, 0.2) is 54.9 Å². The number of carbonyl (C=O) groups excluding carboxylic acids is 2. The summed E-state index contributed by atoms with van der Waals surface area (Å²) in [5.74, 6) is -0.389. The number of aromatic nitrogens is 1. The van der Waals surface area contributed by atoms with E-state index >= 15 is 0 Å². The number of rotatable bonds is 4. The number of nitrogens with one attached hydrogen (secondary N) is 1. The monoisotopic (exact) mass is 309 g/mol. The van der Waals surface area contributed by atoms with Gasteiger partial charge in [-0.15, -0.1) is 0 Å². The van der Waals surface area contributed by atoms with Crippen molar-refractivity contribution in [3.8, 4) is 0 Å². The third-order valence-corrected chi connectivity index (χ3v) is 3.40. The molecule has 0 fully saturated rings. The second-order valence-corrected chi connectivity index (χ2v) is 5.09. The molecule has 2 rings (SSSR count). The van der Waals surface area contributed by atoms with Gasteiger partial charge in [0.25, 0.3) is 5.91 Å². The molecule has 2 amide bonds. The van der Waals surface area contributed by atoms with Crippen LogP contribution >= 0.6 is 0 Å². The Kier molecular flexibility index (Phi) is 5.25. The number of anilines is 2. The Morgan fingerprint density at radius 1 is 1.26 bits per heavy atom. The van der Waals surface area contributed by atoms with Crippen LogP contribution in [-0.4, -0.2) is 23.8 Å². The van der Waals surface area contributed by atoms with E-state index in [1.807, 2.05) is 19.1 Å². The Morgan fingerprint density at radius 3 is 2.70 bits per heavy atom. The molecule has 118 valence electrons. The summed E-state index contributed by atoms with van der Waals surface area (Å²) in [5, 5.41) is 2.78. The molecule has 0 unspecified atom stereocenters. The first-order chi connectivity index (χ1) is 11.0. The molecule has 1 N–H and O–H groups in total. The number of hydrogen-bond donors (Lipinski definition) is 1. The van der Waals surface area contributed by atoms with Crippen LogP contribution in [0.5, 0.6) is 0 Å². The van der Waals surface area contributed by atoms with Gasteiger partial charge in [0.05, 0.1) is 11.9 Å². The molecular formula is C18H19N3O2. The third kappa shape index (κ3) is 4.03. The van der Waals surface area contributed by atoms with E-state index < -0.39 is 0 Å². The highest BCUT2D eigenvalue weighted by molar-refractivity contribution is 6.07. The fourth-order valence-corrected chi connectivity index (χ4v) is 2.08. The molecule has 0 saturated carbocycles. The Labute approximate surface area is 135 Å². The van der Waals surface area contributed by atoms with Crippen LogP contribution in [-0.2, 0) is 4.79 Å². The topological polar surface area (TPSA) is 62.3 Å². The van der Waals surface area contributed by atoms with Crippen molar-refractivity contribution in [2.45, 2.75) is 13.8 Å². The highest BCUT2D eigenvalue weighted by Crippen LogP contribution is 2.20. The van der Waals surface area contributed by atoms with Crippen molar-refractivity contribution >= 4 is 23.2 Å². The van der Waals surface area contributed by atoms with Gasteiger partial charge in [0.2, 0.25) is 5.91 Å². The van der Waals surface area contributed by atoms with Crippen LogP contribution in [0.25, 0.3) is 0 Å². The molecule has 0 spiro atoms. The fraction of sp³-hybridized carbons (Fsp3) is 0.167. The Balaban J connectivity index is 2.26. The molecule has 0 atom stereocenters. The summed E-state index contributed by atoms with van der Waals surface area (Å²) >= 11 is 0. The lowest BCUT2D eigenvalue weighted by molar-refractivity contribution is -0.111. The summed E-state index contributed by atoms with van der Waals surface area (Å²) in [6.45, 7) is 3.65. The van der Waals surface area contributed by atoms with Crippen molar-refractivity contribution in [3.05, 3.63) is 66.0 Å². The first kappa shape index (κ1) is 16.4. The molecule has 5 heteroatoms. The standard InChI is InChI=1S/C18H19N3O2/c1-4-6-17(22)20-16-11-14(9-8-13(16)2)18(23)21(3)15-7-5-10-19-12-15/h4-12H,1-3H3,(H,20,22)/b6-4+. The summed E-state index contributed by atoms with van der Waals surface area (Å²) in [7, 11) is 1.69. The zero-order valence-electron chi connectivity index (χ0n) is 13.4. The van der Waals surface area contributed by atoms with Gasteiger partial charge in [0.15, 0.2) is 0 Å². The molecule has 0 bridgehead atoms. The third-order valence-electron chi connectivity index (χ3n) is 3.40. The summed E-state index contributed by atoms with van der Waals surface area (Å²) in [5.41, 5.74) is 2.72. The average molecular weight is 309 g/mol. The summed E-state index contributed by atoms with van der Waals surface area (Å²) in [6.07, 6.45) is 6.38. The lowest BCUT2D eigenvalue weighted by Crippen LogP contribution is -2.26. The summed E-state index contributed by atoms with van der Waals surface area (Å²) in [4.78, 5) is 29.8. The number of amides is 2. The molecule has 0 aliphatic heterocycles. The molecule has 0 aliphatic carbocycles. The number of benzene rings is 1. The normalized spacial score (nSPS) is 10.6. The molecule has 2 aromatic rings. The van der Waals surface area contributed by atoms with Crippen LogP contribution in [0.1, 0.15) is 22.8 Å². The van der Waals surface area contributed by atoms with Gasteiger partial charge >= 0.3 is 0 Å². The molecule has 0 aliphatic rings. The van der Waals surface area contributed by atoms with Gasteiger partial charge in [-0.3, -0.25) is 14.6 Å². The summed E-state index contributed by atoms with van der Waals surface area (Å²) < 4.78 is 0. The first-order valence-corrected chi connectivity index (χ1v) is 7.25. The predicted octanol–water partition coefficient (Wildman–Crippen LogP) is 3.18. The van der Waals surface area contributed by atoms with Crippen molar-refractivity contribution in [2.24, 2.45) is 0 Å². The Hall–Kier alpha value is -2.95. The van der Waals surface area contributed by atoms with Gasteiger partial charge in [-0.05, 0) is 49.8 Å². The molecule has 1 aromatic heterocycles. The highest BCUT2D eigenvalue weighted by Gasteiger charge is 2.15. The van der Waals surface area contributed by atoms with E-state index in [-0.39, 0.29) is 11.8 Å². The molecular weight excluding hydrogens is 290 g/mol. The van der Waals surface area contributed by atoms with Crippen molar-refractivity contribution in [3.63, 3.8) is 0 Å². The van der Waals surface area contributed by atoms with Crippen LogP contribution in [0.4, 0.5) is 11.4 Å². The van der Waals surface area contributed by atoms with E-state index in [4.69, 9.17) is 0 Å². The van der Waals surface area contributed by atoms with Crippen molar-refractivity contribution in [2.75, 3.05) is 17.3 Å². The molecule has 1 heterocycles. The zero-order valence-corrected chi connectivity index (χ0v) is 13.4. The number of nitrogens with zero attached hydrogens (tertiary/aromatic N) is 2. The van der Waals surface area contributed by atoms with Gasteiger partial charge < -0.3 is 10.2 Å². The van der Waals surface area contributed by atoms with Crippen molar-refractivity contribution < 1.29 is 9.59 Å². The molecule has 0 saturated heterocycles. The van der Waals surface area contributed by atoms with Gasteiger partial charge in [-0.2, -0.15) is 0 Å². The molecule has 1 aromatic carbocycles. The second kappa shape index (κ2) is 7.35. The van der Waals surface area contributed by atoms with Crippen LogP contribution in [0.2, 0.25) is 0 Å². The minimum Gasteiger partial charge on any atom is -0.322 e. The van der Waals surface area contributed by atoms with E-state index in [0.29, 0.717) is 16.9 Å². The molecule has 0 radical (unpaired) electrons. The fourth-order valence-electron chi connectivity index (χ4n) is 2.08. The van der Waals surface area contributed by atoms with Crippen molar-refractivity contribution in [1.82, 2.24) is 4.98 Å². The van der Waals surface area contributed by atoms with Gasteiger partial charge in [-0.1, -0.05) is 12.1 Å². The Morgan fingerprint density at radius 2 is 2.04 bits per heavy atom. The number of pyridine rings is 1. The van der Waals surface area contributed by atoms with Crippen LogP contribution < -0.4 is 10.2 Å². The lowest BCUT2D eigenvalue weighted by atomic mass is 10.1. The zero-order chi connectivity index (χ0) is 16.8. The van der Waals surface area contributed by atoms with E-state index in [9.17, 15) is 9.59 Å². The summed E-state index contributed by atoms with van der Waals surface area (Å²) in [6, 6.07) is 8.84. The van der Waals surface area contributed by atoms with Gasteiger partial charge in [0, 0.05) is 24.5 Å². The average Bonchev–Trinajstić information content (AvgIpc) is 2.56. The maximum Gasteiger partial charge on any atom is 0.258 e. The Bertz CT molecular complexity index is 739. The van der Waals surface area contributed by atoms with E-state index in [0.717, 1.165) is 5.56 Å². The van der Waals surface area contributed by atoms with E-state index in [1.54, 1.807) is 50.6 Å². The van der Waals surface area contributed by atoms with Gasteiger partial charge in [-0.25, -0.2) is 0 Å². The quantitative estimate of drug-likeness (QED) is 0.882. The van der Waals surface area contributed by atoms with Gasteiger partial charge in [0.1, 0.15) is 0 Å². The number of allylic oxidation sites excluding steroid dienone is 1. The molecule has 23 heavy (non-hydrogen) atoms. The van der Waals surface area contributed by atoms with E-state index in [2.05, 4.69) is 10.3 Å². The highest BCUT2D eigenvalue weighted by atomic mass is 16.2. The smallest absolute Gasteiger partial charge is 0.258 e. The minimum atomic E-state index is -0.221. The lowest BCUT2D eigenvalue weighted by Gasteiger charge is -2.18. The first-order valence-electron chi connectivity index (χ1n) is 7.25. The van der Waals surface area contributed by atoms with Crippen LogP contribution in [0, 0.1) is 6.92 Å². The number of hydrogen-bond acceptors (Lipinski definition) is 3. The maximum atomic E-state index is 12.6. The van der Waals surface area contributed by atoms with E-state index in [1.165, 1.54) is 11.0 Å². The SMILES string of the molecule is C/C=C/C(=O)Nc1cc(C(=O)N(C)c2cccnc2)ccc1C. The molecule has 5 nitrogen and oxygen atoms in total. The number of aryl methyl sites for hydroxylation is 1. The van der Waals surface area contributed by atoms with Crippen molar-refractivity contribution in [1.29, 1.82) is 0 Å². The maximum absolute atomic E-state index is 12.6. The largest absolute Gasteiger partial charge is 0.322 e. The second-order valence-electron chi connectivity index (χ2n) is 5.09. The predicted molar refractivity (Wildman–Crippen MR) is 91.6 cm³/mol. The number of carbonyl (C=O) groups is 2.